The van der Waals surface area contributed by atoms with Crippen molar-refractivity contribution in [1.82, 2.24) is 0 Å². The lowest BCUT2D eigenvalue weighted by molar-refractivity contribution is -0.385. The van der Waals surface area contributed by atoms with Gasteiger partial charge < -0.3 is 5.11 Å². The number of hydrogen-bond acceptors (Lipinski definition) is 5. The number of nitro groups is 1. The van der Waals surface area contributed by atoms with Gasteiger partial charge in [-0.2, -0.15) is 11.3 Å². The quantitative estimate of drug-likeness (QED) is 0.517. The second-order valence-electron chi connectivity index (χ2n) is 3.63. The molecule has 0 atom stereocenters. The van der Waals surface area contributed by atoms with Crippen molar-refractivity contribution in [2.24, 2.45) is 0 Å². The number of rotatable bonds is 5. The molecule has 0 saturated heterocycles. The molecular formula is C12H9NO4S2. The zero-order valence-electron chi connectivity index (χ0n) is 9.61. The third-order valence-corrected chi connectivity index (χ3v) is 4.25. The van der Waals surface area contributed by atoms with E-state index in [-0.39, 0.29) is 11.3 Å². The minimum atomic E-state index is -1.28. The maximum atomic E-state index is 11.2. The highest BCUT2D eigenvalue weighted by Crippen LogP contribution is 2.32. The third-order valence-electron chi connectivity index (χ3n) is 2.39. The molecule has 0 fully saturated rings. The maximum absolute atomic E-state index is 11.2. The molecule has 1 N–H and O–H groups in total. The monoisotopic (exact) mass is 295 g/mol. The standard InChI is InChI=1S/C12H9NO4S2/c14-12(15)11-9(13(16)17)2-1-3-10(11)19-7-8-4-5-18-6-8/h1-6H,7H2,(H,14,15). The Morgan fingerprint density at radius 1 is 1.42 bits per heavy atom. The molecule has 0 aliphatic carbocycles. The smallest absolute Gasteiger partial charge is 0.343 e. The first kappa shape index (κ1) is 13.6. The first-order valence-electron chi connectivity index (χ1n) is 5.24. The Morgan fingerprint density at radius 2 is 2.21 bits per heavy atom. The summed E-state index contributed by atoms with van der Waals surface area (Å²) in [4.78, 5) is 21.8. The zero-order valence-corrected chi connectivity index (χ0v) is 11.2. The summed E-state index contributed by atoms with van der Waals surface area (Å²) in [6.07, 6.45) is 0. The number of thioether (sulfide) groups is 1. The normalized spacial score (nSPS) is 10.3. The van der Waals surface area contributed by atoms with Gasteiger partial charge in [-0.25, -0.2) is 4.79 Å². The predicted molar refractivity (Wildman–Crippen MR) is 73.9 cm³/mol. The highest BCUT2D eigenvalue weighted by molar-refractivity contribution is 7.98. The summed E-state index contributed by atoms with van der Waals surface area (Å²) in [5.74, 6) is -0.689. The summed E-state index contributed by atoms with van der Waals surface area (Å²) in [6, 6.07) is 6.24. The van der Waals surface area contributed by atoms with Crippen LogP contribution >= 0.6 is 23.1 Å². The number of hydrogen-bond donors (Lipinski definition) is 1. The van der Waals surface area contributed by atoms with Crippen LogP contribution in [0, 0.1) is 10.1 Å². The van der Waals surface area contributed by atoms with Crippen LogP contribution in [0.15, 0.2) is 39.9 Å². The molecule has 0 aliphatic heterocycles. The van der Waals surface area contributed by atoms with Crippen molar-refractivity contribution in [2.45, 2.75) is 10.6 Å². The van der Waals surface area contributed by atoms with Crippen molar-refractivity contribution in [2.75, 3.05) is 0 Å². The van der Waals surface area contributed by atoms with E-state index in [1.165, 1.54) is 23.9 Å². The van der Waals surface area contributed by atoms with Crippen LogP contribution in [0.5, 0.6) is 0 Å². The van der Waals surface area contributed by atoms with Gasteiger partial charge in [0, 0.05) is 16.7 Å². The van der Waals surface area contributed by atoms with Gasteiger partial charge in [0.15, 0.2) is 5.56 Å². The Morgan fingerprint density at radius 3 is 2.79 bits per heavy atom. The van der Waals surface area contributed by atoms with E-state index in [4.69, 9.17) is 5.11 Å². The van der Waals surface area contributed by atoms with Gasteiger partial charge >= 0.3 is 5.97 Å². The summed E-state index contributed by atoms with van der Waals surface area (Å²) in [6.45, 7) is 0. The molecule has 0 bridgehead atoms. The molecule has 2 aromatic rings. The number of aromatic carboxylic acids is 1. The van der Waals surface area contributed by atoms with Crippen LogP contribution in [-0.2, 0) is 5.75 Å². The highest BCUT2D eigenvalue weighted by Gasteiger charge is 2.23. The number of thiophene rings is 1. The van der Waals surface area contributed by atoms with E-state index < -0.39 is 10.9 Å². The van der Waals surface area contributed by atoms with E-state index in [9.17, 15) is 14.9 Å². The number of benzene rings is 1. The lowest BCUT2D eigenvalue weighted by atomic mass is 10.2. The van der Waals surface area contributed by atoms with E-state index in [1.807, 2.05) is 16.8 Å². The van der Waals surface area contributed by atoms with Gasteiger partial charge in [0.05, 0.1) is 4.92 Å². The molecule has 5 nitrogen and oxygen atoms in total. The van der Waals surface area contributed by atoms with Gasteiger partial charge in [-0.3, -0.25) is 10.1 Å². The summed E-state index contributed by atoms with van der Waals surface area (Å²) in [5, 5.41) is 23.9. The third kappa shape index (κ3) is 3.12. The van der Waals surface area contributed by atoms with E-state index in [0.717, 1.165) is 5.56 Å². The summed E-state index contributed by atoms with van der Waals surface area (Å²) >= 11 is 2.84. The number of nitrogens with zero attached hydrogens (tertiary/aromatic N) is 1. The van der Waals surface area contributed by atoms with Crippen molar-refractivity contribution >= 4 is 34.8 Å². The largest absolute Gasteiger partial charge is 0.477 e. The first-order chi connectivity index (χ1) is 9.09. The van der Waals surface area contributed by atoms with Crippen LogP contribution in [-0.4, -0.2) is 16.0 Å². The number of carbonyl (C=O) groups is 1. The van der Waals surface area contributed by atoms with E-state index in [2.05, 4.69) is 0 Å². The SMILES string of the molecule is O=C(O)c1c(SCc2ccsc2)cccc1[N+](=O)[O-]. The molecule has 7 heteroatoms. The fraction of sp³-hybridized carbons (Fsp3) is 0.0833. The second kappa shape index (κ2) is 5.85. The van der Waals surface area contributed by atoms with Crippen molar-refractivity contribution in [3.05, 3.63) is 56.3 Å². The molecule has 1 heterocycles. The maximum Gasteiger partial charge on any atom is 0.343 e. The Bertz CT molecular complexity index is 610. The first-order valence-corrected chi connectivity index (χ1v) is 7.17. The van der Waals surface area contributed by atoms with Crippen LogP contribution in [0.2, 0.25) is 0 Å². The summed E-state index contributed by atoms with van der Waals surface area (Å²) in [5.41, 5.74) is 0.452. The summed E-state index contributed by atoms with van der Waals surface area (Å²) in [7, 11) is 0. The van der Waals surface area contributed by atoms with E-state index in [1.54, 1.807) is 17.4 Å². The molecule has 2 rings (SSSR count). The van der Waals surface area contributed by atoms with Gasteiger partial charge in [-0.1, -0.05) is 6.07 Å². The average Bonchev–Trinajstić information content (AvgIpc) is 2.88. The van der Waals surface area contributed by atoms with Gasteiger partial charge in [0.25, 0.3) is 5.69 Å². The lowest BCUT2D eigenvalue weighted by Gasteiger charge is -2.05. The van der Waals surface area contributed by atoms with Crippen molar-refractivity contribution in [1.29, 1.82) is 0 Å². The van der Waals surface area contributed by atoms with Crippen molar-refractivity contribution in [3.63, 3.8) is 0 Å². The molecule has 1 aromatic heterocycles. The Kier molecular flexibility index (Phi) is 4.18. The lowest BCUT2D eigenvalue weighted by Crippen LogP contribution is -2.04. The topological polar surface area (TPSA) is 80.4 Å². The van der Waals surface area contributed by atoms with Crippen LogP contribution in [0.25, 0.3) is 0 Å². The highest BCUT2D eigenvalue weighted by atomic mass is 32.2. The fourth-order valence-corrected chi connectivity index (χ4v) is 3.33. The Balaban J connectivity index is 2.31. The van der Waals surface area contributed by atoms with Crippen molar-refractivity contribution in [3.8, 4) is 0 Å². The molecule has 0 aliphatic rings. The molecule has 0 saturated carbocycles. The van der Waals surface area contributed by atoms with Crippen LogP contribution in [0.3, 0.4) is 0 Å². The van der Waals surface area contributed by atoms with Crippen LogP contribution in [0.1, 0.15) is 15.9 Å². The molecular weight excluding hydrogens is 286 g/mol. The Hall–Kier alpha value is -1.86. The molecule has 19 heavy (non-hydrogen) atoms. The molecule has 0 spiro atoms. The van der Waals surface area contributed by atoms with Gasteiger partial charge in [-0.05, 0) is 28.5 Å². The van der Waals surface area contributed by atoms with Gasteiger partial charge in [-0.15, -0.1) is 11.8 Å². The summed E-state index contributed by atoms with van der Waals surface area (Å²) < 4.78 is 0. The van der Waals surface area contributed by atoms with Crippen molar-refractivity contribution < 1.29 is 14.8 Å². The number of carboxylic acid groups (broad SMARTS) is 1. The second-order valence-corrected chi connectivity index (χ2v) is 5.43. The van der Waals surface area contributed by atoms with Crippen LogP contribution < -0.4 is 0 Å². The van der Waals surface area contributed by atoms with E-state index in [0.29, 0.717) is 10.6 Å². The Labute approximate surface area is 117 Å². The predicted octanol–water partition coefficient (Wildman–Crippen LogP) is 3.65. The molecule has 0 radical (unpaired) electrons. The molecule has 0 amide bonds. The van der Waals surface area contributed by atoms with Gasteiger partial charge in [0.2, 0.25) is 0 Å². The number of nitro benzene ring substituents is 1. The molecule has 1 aromatic carbocycles. The minimum absolute atomic E-state index is 0.243. The average molecular weight is 295 g/mol. The minimum Gasteiger partial charge on any atom is -0.477 e. The molecule has 0 unspecified atom stereocenters. The van der Waals surface area contributed by atoms with Crippen LogP contribution in [0.4, 0.5) is 5.69 Å². The zero-order chi connectivity index (χ0) is 13.8. The van der Waals surface area contributed by atoms with Gasteiger partial charge in [0.1, 0.15) is 0 Å². The molecule has 98 valence electrons. The van der Waals surface area contributed by atoms with E-state index >= 15 is 0 Å². The fourth-order valence-electron chi connectivity index (χ4n) is 1.54. The number of carboxylic acids is 1.